The first-order valence-corrected chi connectivity index (χ1v) is 6.50. The van der Waals surface area contributed by atoms with E-state index >= 15 is 0 Å². The standard InChI is InChI=1S/C14H20N2O3/c1-10-9-15(2)4-3-5-16(10)14(19)11-6-12(17)8-13(18)7-11/h6-8,10,17-18H,3-5,9H2,1-2H3. The van der Waals surface area contributed by atoms with Gasteiger partial charge < -0.3 is 20.0 Å². The van der Waals surface area contributed by atoms with Crippen LogP contribution in [0.25, 0.3) is 0 Å². The first-order valence-electron chi connectivity index (χ1n) is 6.50. The van der Waals surface area contributed by atoms with Crippen LogP contribution < -0.4 is 0 Å². The van der Waals surface area contributed by atoms with Crippen LogP contribution in [0.1, 0.15) is 23.7 Å². The molecule has 2 rings (SSSR count). The van der Waals surface area contributed by atoms with E-state index in [1.807, 2.05) is 14.0 Å². The highest BCUT2D eigenvalue weighted by atomic mass is 16.3. The first-order chi connectivity index (χ1) is 8.97. The van der Waals surface area contributed by atoms with Crippen molar-refractivity contribution in [2.75, 3.05) is 26.7 Å². The van der Waals surface area contributed by atoms with Gasteiger partial charge in [-0.15, -0.1) is 0 Å². The number of phenolic OH excluding ortho intramolecular Hbond substituents is 2. The van der Waals surface area contributed by atoms with E-state index in [0.29, 0.717) is 12.1 Å². The monoisotopic (exact) mass is 264 g/mol. The highest BCUT2D eigenvalue weighted by Crippen LogP contribution is 2.22. The number of nitrogens with zero attached hydrogens (tertiary/aromatic N) is 2. The quantitative estimate of drug-likeness (QED) is 0.801. The minimum absolute atomic E-state index is 0.0945. The molecule has 19 heavy (non-hydrogen) atoms. The average Bonchev–Trinajstić information content (AvgIpc) is 2.48. The van der Waals surface area contributed by atoms with Crippen LogP contribution in [0.3, 0.4) is 0 Å². The Labute approximate surface area is 113 Å². The summed E-state index contributed by atoms with van der Waals surface area (Å²) in [7, 11) is 2.05. The van der Waals surface area contributed by atoms with E-state index in [9.17, 15) is 15.0 Å². The number of hydrogen-bond donors (Lipinski definition) is 2. The number of rotatable bonds is 1. The first kappa shape index (κ1) is 13.7. The lowest BCUT2D eigenvalue weighted by atomic mass is 10.1. The Morgan fingerprint density at radius 1 is 1.21 bits per heavy atom. The number of benzene rings is 1. The molecule has 1 aromatic carbocycles. The molecular formula is C14H20N2O3. The lowest BCUT2D eigenvalue weighted by Crippen LogP contribution is -2.41. The SMILES string of the molecule is CC1CN(C)CCCN1C(=O)c1cc(O)cc(O)c1. The number of hydrogen-bond acceptors (Lipinski definition) is 4. The Kier molecular flexibility index (Phi) is 3.95. The molecule has 5 heteroatoms. The summed E-state index contributed by atoms with van der Waals surface area (Å²) in [6.07, 6.45) is 0.928. The number of amides is 1. The van der Waals surface area contributed by atoms with Crippen LogP contribution in [0.4, 0.5) is 0 Å². The van der Waals surface area contributed by atoms with Crippen molar-refractivity contribution in [3.8, 4) is 11.5 Å². The van der Waals surface area contributed by atoms with E-state index in [2.05, 4.69) is 4.90 Å². The van der Waals surface area contributed by atoms with Gasteiger partial charge in [-0.2, -0.15) is 0 Å². The topological polar surface area (TPSA) is 64.0 Å². The van der Waals surface area contributed by atoms with E-state index in [-0.39, 0.29) is 23.4 Å². The zero-order valence-corrected chi connectivity index (χ0v) is 11.3. The summed E-state index contributed by atoms with van der Waals surface area (Å²) in [5.74, 6) is -0.333. The maximum Gasteiger partial charge on any atom is 0.254 e. The van der Waals surface area contributed by atoms with Gasteiger partial charge in [-0.05, 0) is 39.1 Å². The molecule has 1 unspecified atom stereocenters. The van der Waals surface area contributed by atoms with Gasteiger partial charge in [0.1, 0.15) is 11.5 Å². The van der Waals surface area contributed by atoms with Gasteiger partial charge in [0.05, 0.1) is 0 Å². The fourth-order valence-corrected chi connectivity index (χ4v) is 2.56. The van der Waals surface area contributed by atoms with Crippen LogP contribution in [0, 0.1) is 0 Å². The Hall–Kier alpha value is -1.75. The molecule has 2 N–H and O–H groups in total. The van der Waals surface area contributed by atoms with Crippen molar-refractivity contribution in [3.63, 3.8) is 0 Å². The summed E-state index contributed by atoms with van der Waals surface area (Å²) in [4.78, 5) is 16.5. The summed E-state index contributed by atoms with van der Waals surface area (Å²) < 4.78 is 0. The average molecular weight is 264 g/mol. The summed E-state index contributed by atoms with van der Waals surface area (Å²) in [5, 5.41) is 18.9. The predicted molar refractivity (Wildman–Crippen MR) is 72.4 cm³/mol. The van der Waals surface area contributed by atoms with Crippen molar-refractivity contribution < 1.29 is 15.0 Å². The Bertz CT molecular complexity index is 456. The van der Waals surface area contributed by atoms with Gasteiger partial charge >= 0.3 is 0 Å². The van der Waals surface area contributed by atoms with Crippen molar-refractivity contribution >= 4 is 5.91 Å². The maximum atomic E-state index is 12.5. The smallest absolute Gasteiger partial charge is 0.254 e. The maximum absolute atomic E-state index is 12.5. The number of likely N-dealkylation sites (N-methyl/N-ethyl adjacent to an activating group) is 1. The lowest BCUT2D eigenvalue weighted by Gasteiger charge is -2.28. The highest BCUT2D eigenvalue weighted by Gasteiger charge is 2.25. The van der Waals surface area contributed by atoms with Crippen LogP contribution in [0.15, 0.2) is 18.2 Å². The Morgan fingerprint density at radius 2 is 1.84 bits per heavy atom. The largest absolute Gasteiger partial charge is 0.508 e. The van der Waals surface area contributed by atoms with E-state index in [4.69, 9.17) is 0 Å². The van der Waals surface area contributed by atoms with Crippen molar-refractivity contribution in [3.05, 3.63) is 23.8 Å². The minimum Gasteiger partial charge on any atom is -0.508 e. The molecule has 1 heterocycles. The third kappa shape index (κ3) is 3.17. The molecular weight excluding hydrogens is 244 g/mol. The number of carbonyl (C=O) groups excluding carboxylic acids is 1. The second-order valence-electron chi connectivity index (χ2n) is 5.20. The van der Waals surface area contributed by atoms with Gasteiger partial charge in [-0.3, -0.25) is 4.79 Å². The van der Waals surface area contributed by atoms with E-state index in [1.54, 1.807) is 4.90 Å². The molecule has 1 aromatic rings. The molecule has 0 spiro atoms. The van der Waals surface area contributed by atoms with Crippen molar-refractivity contribution in [2.45, 2.75) is 19.4 Å². The van der Waals surface area contributed by atoms with Crippen LogP contribution in [-0.2, 0) is 0 Å². The zero-order valence-electron chi connectivity index (χ0n) is 11.3. The van der Waals surface area contributed by atoms with Crippen molar-refractivity contribution in [1.29, 1.82) is 0 Å². The van der Waals surface area contributed by atoms with Crippen LogP contribution >= 0.6 is 0 Å². The molecule has 0 saturated carbocycles. The predicted octanol–water partition coefficient (Wildman–Crippen LogP) is 1.26. The Balaban J connectivity index is 2.22. The van der Waals surface area contributed by atoms with E-state index in [1.165, 1.54) is 18.2 Å². The molecule has 104 valence electrons. The molecule has 1 aliphatic rings. The van der Waals surface area contributed by atoms with Gasteiger partial charge in [0.15, 0.2) is 0 Å². The molecule has 1 saturated heterocycles. The molecule has 1 fully saturated rings. The third-order valence-electron chi connectivity index (χ3n) is 3.46. The van der Waals surface area contributed by atoms with Gasteiger partial charge in [0.2, 0.25) is 0 Å². The molecule has 5 nitrogen and oxygen atoms in total. The van der Waals surface area contributed by atoms with E-state index in [0.717, 1.165) is 19.5 Å². The summed E-state index contributed by atoms with van der Waals surface area (Å²) in [6, 6.07) is 4.12. The molecule has 1 atom stereocenters. The summed E-state index contributed by atoms with van der Waals surface area (Å²) in [6.45, 7) is 4.51. The summed E-state index contributed by atoms with van der Waals surface area (Å²) in [5.41, 5.74) is 0.328. The highest BCUT2D eigenvalue weighted by molar-refractivity contribution is 5.95. The fraction of sp³-hybridized carbons (Fsp3) is 0.500. The molecule has 0 radical (unpaired) electrons. The number of aromatic hydroxyl groups is 2. The van der Waals surface area contributed by atoms with Crippen LogP contribution in [0.5, 0.6) is 11.5 Å². The molecule has 0 bridgehead atoms. The second-order valence-corrected chi connectivity index (χ2v) is 5.20. The second kappa shape index (κ2) is 5.48. The van der Waals surface area contributed by atoms with Crippen molar-refractivity contribution in [2.24, 2.45) is 0 Å². The van der Waals surface area contributed by atoms with Crippen LogP contribution in [-0.4, -0.2) is 58.6 Å². The molecule has 1 aliphatic heterocycles. The molecule has 1 amide bonds. The zero-order chi connectivity index (χ0) is 14.0. The molecule has 0 aliphatic carbocycles. The number of phenols is 2. The normalized spacial score (nSPS) is 21.2. The van der Waals surface area contributed by atoms with Gasteiger partial charge in [0.25, 0.3) is 5.91 Å². The van der Waals surface area contributed by atoms with Gasteiger partial charge in [0, 0.05) is 30.8 Å². The van der Waals surface area contributed by atoms with Gasteiger partial charge in [-0.1, -0.05) is 0 Å². The third-order valence-corrected chi connectivity index (χ3v) is 3.46. The molecule has 0 aromatic heterocycles. The fourth-order valence-electron chi connectivity index (χ4n) is 2.56. The Morgan fingerprint density at radius 3 is 2.47 bits per heavy atom. The van der Waals surface area contributed by atoms with Crippen molar-refractivity contribution in [1.82, 2.24) is 9.80 Å². The van der Waals surface area contributed by atoms with E-state index < -0.39 is 0 Å². The number of carbonyl (C=O) groups is 1. The minimum atomic E-state index is -0.144. The van der Waals surface area contributed by atoms with Crippen LogP contribution in [0.2, 0.25) is 0 Å². The summed E-state index contributed by atoms with van der Waals surface area (Å²) >= 11 is 0. The lowest BCUT2D eigenvalue weighted by molar-refractivity contribution is 0.0695. The van der Waals surface area contributed by atoms with Gasteiger partial charge in [-0.25, -0.2) is 0 Å².